The number of rotatable bonds is 6. The molecule has 0 radical (unpaired) electrons. The Balaban J connectivity index is 1.49. The summed E-state index contributed by atoms with van der Waals surface area (Å²) in [6.45, 7) is 1.81. The lowest BCUT2D eigenvalue weighted by atomic mass is 10.1. The first kappa shape index (κ1) is 22.0. The largest absolute Gasteiger partial charge is 0.298 e. The Morgan fingerprint density at radius 3 is 2.59 bits per heavy atom. The number of hydrogen-bond acceptors (Lipinski definition) is 6. The highest BCUT2D eigenvalue weighted by Gasteiger charge is 2.17. The molecule has 0 aliphatic carbocycles. The third kappa shape index (κ3) is 4.98. The van der Waals surface area contributed by atoms with Crippen LogP contribution in [0.4, 0.5) is 10.8 Å². The highest BCUT2D eigenvalue weighted by atomic mass is 35.5. The van der Waals surface area contributed by atoms with Crippen LogP contribution in [-0.2, 0) is 10.0 Å². The van der Waals surface area contributed by atoms with E-state index in [1.807, 2.05) is 24.4 Å². The van der Waals surface area contributed by atoms with E-state index in [1.165, 1.54) is 17.5 Å². The molecule has 1 amide bonds. The second-order valence-electron chi connectivity index (χ2n) is 6.98. The minimum absolute atomic E-state index is 0.315. The van der Waals surface area contributed by atoms with Gasteiger partial charge in [0.05, 0.1) is 35.1 Å². The number of thiazole rings is 1. The first-order valence-corrected chi connectivity index (χ1v) is 12.5. The summed E-state index contributed by atoms with van der Waals surface area (Å²) >= 11 is 7.35. The summed E-state index contributed by atoms with van der Waals surface area (Å²) in [5.41, 5.74) is 3.80. The van der Waals surface area contributed by atoms with E-state index in [4.69, 9.17) is 11.6 Å². The van der Waals surface area contributed by atoms with Gasteiger partial charge in [-0.05, 0) is 37.3 Å². The van der Waals surface area contributed by atoms with E-state index in [-0.39, 0.29) is 5.91 Å². The van der Waals surface area contributed by atoms with Gasteiger partial charge in [0, 0.05) is 21.7 Å². The summed E-state index contributed by atoms with van der Waals surface area (Å²) in [5, 5.41) is 9.95. The molecule has 11 heteroatoms. The number of nitrogens with zero attached hydrogens (tertiary/aromatic N) is 3. The Kier molecular flexibility index (Phi) is 6.00. The maximum atomic E-state index is 12.8. The molecule has 0 bridgehead atoms. The molecule has 2 N–H and O–H groups in total. The molecule has 4 aromatic rings. The first-order chi connectivity index (χ1) is 15.2. The van der Waals surface area contributed by atoms with E-state index in [0.29, 0.717) is 32.8 Å². The number of aromatic nitrogens is 3. The zero-order chi connectivity index (χ0) is 22.9. The summed E-state index contributed by atoms with van der Waals surface area (Å²) in [6.07, 6.45) is 2.60. The van der Waals surface area contributed by atoms with Crippen LogP contribution in [0.5, 0.6) is 0 Å². The second kappa shape index (κ2) is 8.73. The van der Waals surface area contributed by atoms with Gasteiger partial charge in [-0.15, -0.1) is 11.3 Å². The van der Waals surface area contributed by atoms with Crippen molar-refractivity contribution >= 4 is 49.7 Å². The standard InChI is InChI=1S/C21H18ClN5O3S2/c1-13-18(11-23-27(13)17-5-3-4-15(22)10-17)20(28)25-21-24-19(12-31-21)14-6-8-16(9-7-14)26-32(2,29)30/h3-12,26H,1-2H3,(H,24,25,28). The van der Waals surface area contributed by atoms with Crippen LogP contribution in [0.3, 0.4) is 0 Å². The van der Waals surface area contributed by atoms with Crippen molar-refractivity contribution in [3.8, 4) is 16.9 Å². The van der Waals surface area contributed by atoms with Crippen LogP contribution in [0.1, 0.15) is 16.1 Å². The van der Waals surface area contributed by atoms with Gasteiger partial charge in [-0.25, -0.2) is 18.1 Å². The molecule has 2 aromatic heterocycles. The fraction of sp³-hybridized carbons (Fsp3) is 0.0952. The Morgan fingerprint density at radius 1 is 1.16 bits per heavy atom. The number of benzene rings is 2. The Labute approximate surface area is 193 Å². The predicted molar refractivity (Wildman–Crippen MR) is 127 cm³/mol. The third-order valence-electron chi connectivity index (χ3n) is 4.52. The molecular formula is C21H18ClN5O3S2. The summed E-state index contributed by atoms with van der Waals surface area (Å²) in [7, 11) is -3.34. The van der Waals surface area contributed by atoms with Crippen molar-refractivity contribution in [1.29, 1.82) is 0 Å². The molecule has 0 saturated heterocycles. The van der Waals surface area contributed by atoms with E-state index in [9.17, 15) is 13.2 Å². The molecule has 0 saturated carbocycles. The molecule has 2 heterocycles. The van der Waals surface area contributed by atoms with Crippen LogP contribution < -0.4 is 10.0 Å². The lowest BCUT2D eigenvalue weighted by molar-refractivity contribution is 0.102. The minimum Gasteiger partial charge on any atom is -0.298 e. The average Bonchev–Trinajstić information content (AvgIpc) is 3.34. The number of hydrogen-bond donors (Lipinski definition) is 2. The van der Waals surface area contributed by atoms with Gasteiger partial charge < -0.3 is 0 Å². The Morgan fingerprint density at radius 2 is 1.91 bits per heavy atom. The Hall–Kier alpha value is -3.21. The van der Waals surface area contributed by atoms with Crippen LogP contribution >= 0.6 is 22.9 Å². The number of anilines is 2. The fourth-order valence-electron chi connectivity index (χ4n) is 3.05. The van der Waals surface area contributed by atoms with Crippen molar-refractivity contribution < 1.29 is 13.2 Å². The Bertz CT molecular complexity index is 1400. The van der Waals surface area contributed by atoms with Crippen molar-refractivity contribution in [1.82, 2.24) is 14.8 Å². The van der Waals surface area contributed by atoms with E-state index in [2.05, 4.69) is 20.1 Å². The summed E-state index contributed by atoms with van der Waals surface area (Å²) in [4.78, 5) is 17.2. The highest BCUT2D eigenvalue weighted by molar-refractivity contribution is 7.92. The molecular weight excluding hydrogens is 470 g/mol. The number of nitrogens with one attached hydrogen (secondary N) is 2. The van der Waals surface area contributed by atoms with Crippen molar-refractivity contribution in [2.45, 2.75) is 6.92 Å². The molecule has 2 aromatic carbocycles. The number of amides is 1. The van der Waals surface area contributed by atoms with Crippen LogP contribution in [0.15, 0.2) is 60.1 Å². The van der Waals surface area contributed by atoms with E-state index >= 15 is 0 Å². The molecule has 4 rings (SSSR count). The predicted octanol–water partition coefficient (Wildman–Crippen LogP) is 4.58. The first-order valence-electron chi connectivity index (χ1n) is 9.35. The van der Waals surface area contributed by atoms with Crippen LogP contribution in [0.25, 0.3) is 16.9 Å². The van der Waals surface area contributed by atoms with Crippen molar-refractivity contribution in [3.63, 3.8) is 0 Å². The van der Waals surface area contributed by atoms with Gasteiger partial charge >= 0.3 is 0 Å². The molecule has 0 spiro atoms. The molecule has 0 fully saturated rings. The van der Waals surface area contributed by atoms with Gasteiger partial charge in [0.15, 0.2) is 5.13 Å². The van der Waals surface area contributed by atoms with E-state index in [0.717, 1.165) is 17.5 Å². The normalized spacial score (nSPS) is 11.3. The molecule has 8 nitrogen and oxygen atoms in total. The van der Waals surface area contributed by atoms with Crippen molar-refractivity contribution in [3.05, 3.63) is 76.4 Å². The molecule has 0 aliphatic heterocycles. The van der Waals surface area contributed by atoms with Gasteiger partial charge in [-0.2, -0.15) is 5.10 Å². The number of carbonyl (C=O) groups excluding carboxylic acids is 1. The summed E-state index contributed by atoms with van der Waals surface area (Å²) in [5.74, 6) is -0.315. The lowest BCUT2D eigenvalue weighted by Crippen LogP contribution is -2.13. The van der Waals surface area contributed by atoms with Crippen molar-refractivity contribution in [2.75, 3.05) is 16.3 Å². The van der Waals surface area contributed by atoms with Crippen LogP contribution in [-0.4, -0.2) is 35.3 Å². The quantitative estimate of drug-likeness (QED) is 0.414. The van der Waals surface area contributed by atoms with Crippen molar-refractivity contribution in [2.24, 2.45) is 0 Å². The highest BCUT2D eigenvalue weighted by Crippen LogP contribution is 2.27. The molecule has 0 unspecified atom stereocenters. The van der Waals surface area contributed by atoms with Gasteiger partial charge in [-0.1, -0.05) is 29.8 Å². The third-order valence-corrected chi connectivity index (χ3v) is 6.12. The number of carbonyl (C=O) groups is 1. The average molecular weight is 488 g/mol. The number of sulfonamides is 1. The maximum Gasteiger partial charge on any atom is 0.260 e. The number of halogens is 1. The molecule has 0 atom stereocenters. The van der Waals surface area contributed by atoms with Gasteiger partial charge in [0.2, 0.25) is 10.0 Å². The monoisotopic (exact) mass is 487 g/mol. The van der Waals surface area contributed by atoms with Gasteiger partial charge in [0.1, 0.15) is 0 Å². The summed E-state index contributed by atoms with van der Waals surface area (Å²) in [6, 6.07) is 14.0. The topological polar surface area (TPSA) is 106 Å². The molecule has 0 aliphatic rings. The van der Waals surface area contributed by atoms with Gasteiger partial charge in [0.25, 0.3) is 5.91 Å². The SMILES string of the molecule is Cc1c(C(=O)Nc2nc(-c3ccc(NS(C)(=O)=O)cc3)cs2)cnn1-c1cccc(Cl)c1. The fourth-order valence-corrected chi connectivity index (χ4v) is 4.52. The maximum absolute atomic E-state index is 12.8. The lowest BCUT2D eigenvalue weighted by Gasteiger charge is -2.06. The zero-order valence-electron chi connectivity index (χ0n) is 17.0. The molecule has 32 heavy (non-hydrogen) atoms. The zero-order valence-corrected chi connectivity index (χ0v) is 19.4. The van der Waals surface area contributed by atoms with Gasteiger partial charge in [-0.3, -0.25) is 14.8 Å². The van der Waals surface area contributed by atoms with E-state index in [1.54, 1.807) is 41.1 Å². The molecule has 164 valence electrons. The second-order valence-corrected chi connectivity index (χ2v) is 10.0. The smallest absolute Gasteiger partial charge is 0.260 e. The van der Waals surface area contributed by atoms with Crippen LogP contribution in [0.2, 0.25) is 5.02 Å². The minimum atomic E-state index is -3.34. The summed E-state index contributed by atoms with van der Waals surface area (Å²) < 4.78 is 26.7. The van der Waals surface area contributed by atoms with E-state index < -0.39 is 10.0 Å². The van der Waals surface area contributed by atoms with Crippen LogP contribution in [0, 0.1) is 6.92 Å².